The largest absolute Gasteiger partial charge is 0.508 e. The van der Waals surface area contributed by atoms with Crippen molar-refractivity contribution in [3.8, 4) is 96.6 Å². The first-order chi connectivity index (χ1) is 41.8. The summed E-state index contributed by atoms with van der Waals surface area (Å²) in [4.78, 5) is 32.8. The Balaban J connectivity index is 0.000000289. The second-order valence-corrected chi connectivity index (χ2v) is 19.8. The number of unbranched alkanes of at least 4 members (excludes halogenated alkanes) is 1. The van der Waals surface area contributed by atoms with Crippen molar-refractivity contribution < 1.29 is 83.1 Å². The average Bonchev–Trinajstić information content (AvgIpc) is 3.66. The van der Waals surface area contributed by atoms with Crippen LogP contribution in [0.25, 0.3) is 33.4 Å². The molecule has 8 aromatic rings. The highest BCUT2D eigenvalue weighted by molar-refractivity contribution is 9.10. The topological polar surface area (TPSA) is 257 Å². The number of carbonyl (C=O) groups is 3. The van der Waals surface area contributed by atoms with E-state index in [1.54, 1.807) is 175 Å². The number of esters is 2. The van der Waals surface area contributed by atoms with Crippen LogP contribution in [0, 0.1) is 6.92 Å². The van der Waals surface area contributed by atoms with Gasteiger partial charge in [0, 0.05) is 57.7 Å². The molecule has 8 rings (SSSR count). The number of carboxylic acids is 1. The number of carboxylic acid groups (broad SMARTS) is 1. The molecule has 19 heteroatoms. The second kappa shape index (κ2) is 37.5. The number of benzene rings is 8. The molecule has 0 bridgehead atoms. The lowest BCUT2D eigenvalue weighted by atomic mass is 9.80. The highest BCUT2D eigenvalue weighted by atomic mass is 79.9. The number of aliphatic carboxylic acids is 1. The number of hydrogen-bond acceptors (Lipinski definition) is 16. The van der Waals surface area contributed by atoms with Crippen LogP contribution in [-0.4, -0.2) is 95.7 Å². The van der Waals surface area contributed by atoms with E-state index < -0.39 is 25.0 Å². The van der Waals surface area contributed by atoms with Gasteiger partial charge in [-0.2, -0.15) is 0 Å². The van der Waals surface area contributed by atoms with Crippen LogP contribution in [0.3, 0.4) is 0 Å². The Morgan fingerprint density at radius 1 is 0.466 bits per heavy atom. The van der Waals surface area contributed by atoms with Crippen LogP contribution in [0.2, 0.25) is 0 Å². The molecule has 0 amide bonds. The van der Waals surface area contributed by atoms with Gasteiger partial charge in [-0.15, -0.1) is 0 Å². The zero-order chi connectivity index (χ0) is 65.5. The number of aryl methyl sites for hydroxylation is 1. The smallest absolute Gasteiger partial charge is 0.488 e. The minimum atomic E-state index is -1.40. The summed E-state index contributed by atoms with van der Waals surface area (Å²) in [5.74, 6) is 2.94. The average molecular weight is 1270 g/mol. The molecule has 7 N–H and O–H groups in total. The number of rotatable bonds is 17. The first kappa shape index (κ1) is 72.3. The summed E-state index contributed by atoms with van der Waals surface area (Å²) in [5.41, 5.74) is 8.06. The van der Waals surface area contributed by atoms with Crippen LogP contribution < -0.4 is 38.6 Å². The van der Waals surface area contributed by atoms with Crippen molar-refractivity contribution in [2.45, 2.75) is 47.5 Å². The van der Waals surface area contributed by atoms with Crippen molar-refractivity contribution in [2.24, 2.45) is 0 Å². The maximum Gasteiger partial charge on any atom is 0.488 e. The zero-order valence-electron chi connectivity index (χ0n) is 50.6. The molecule has 0 aliphatic carbocycles. The highest BCUT2D eigenvalue weighted by Crippen LogP contribution is 2.36. The second-order valence-electron chi connectivity index (χ2n) is 19.0. The molecule has 0 radical (unpaired) electrons. The molecule has 0 heterocycles. The summed E-state index contributed by atoms with van der Waals surface area (Å²) in [6, 6.07) is 48.8. The summed E-state index contributed by atoms with van der Waals surface area (Å²) in [6.07, 6.45) is 2.14. The molecule has 0 fully saturated rings. The first-order valence-corrected chi connectivity index (χ1v) is 27.8. The molecule has 0 aliphatic rings. The molecule has 88 heavy (non-hydrogen) atoms. The van der Waals surface area contributed by atoms with Gasteiger partial charge in [0.15, 0.2) is 0 Å². The van der Waals surface area contributed by atoms with Gasteiger partial charge in [-0.1, -0.05) is 99.3 Å². The van der Waals surface area contributed by atoms with Crippen molar-refractivity contribution in [3.05, 3.63) is 216 Å². The van der Waals surface area contributed by atoms with Gasteiger partial charge in [0.05, 0.1) is 39.5 Å². The maximum absolute atomic E-state index is 11.6. The normalized spacial score (nSPS) is 9.77. The molecule has 0 spiro atoms. The van der Waals surface area contributed by atoms with E-state index in [2.05, 4.69) is 61.6 Å². The van der Waals surface area contributed by atoms with Gasteiger partial charge in [-0.3, -0.25) is 0 Å². The van der Waals surface area contributed by atoms with E-state index in [0.717, 1.165) is 56.4 Å². The lowest BCUT2D eigenvalue weighted by Gasteiger charge is -2.12. The molecule has 0 saturated heterocycles. The number of aromatic hydroxyl groups is 4. The number of halogens is 1. The fourth-order valence-corrected chi connectivity index (χ4v) is 7.40. The van der Waals surface area contributed by atoms with E-state index in [9.17, 15) is 29.7 Å². The lowest BCUT2D eigenvalue weighted by molar-refractivity contribution is -0.133. The van der Waals surface area contributed by atoms with E-state index in [1.165, 1.54) is 19.6 Å². The summed E-state index contributed by atoms with van der Waals surface area (Å²) >= 11 is 3.25. The van der Waals surface area contributed by atoms with Crippen molar-refractivity contribution in [1.29, 1.82) is 0 Å². The molecule has 0 aromatic heterocycles. The van der Waals surface area contributed by atoms with E-state index in [-0.39, 0.29) is 28.6 Å². The van der Waals surface area contributed by atoms with Crippen LogP contribution >= 0.6 is 15.9 Å². The Morgan fingerprint density at radius 2 is 0.818 bits per heavy atom. The Morgan fingerprint density at radius 3 is 1.22 bits per heavy atom. The van der Waals surface area contributed by atoms with Crippen LogP contribution in [0.4, 0.5) is 0 Å². The van der Waals surface area contributed by atoms with Gasteiger partial charge >= 0.3 is 25.0 Å². The maximum atomic E-state index is 11.6. The monoisotopic (exact) mass is 1260 g/mol. The van der Waals surface area contributed by atoms with Crippen molar-refractivity contribution >= 4 is 46.4 Å². The molecule has 0 unspecified atom stereocenters. The number of ether oxygens (including phenoxy) is 7. The Bertz CT molecular complexity index is 3440. The van der Waals surface area contributed by atoms with Gasteiger partial charge in [-0.05, 0) is 157 Å². The predicted octanol–water partition coefficient (Wildman–Crippen LogP) is 13.8. The minimum Gasteiger partial charge on any atom is -0.508 e. The Labute approximate surface area is 522 Å². The number of carbonyl (C=O) groups excluding carboxylic acids is 2. The first-order valence-electron chi connectivity index (χ1n) is 27.0. The van der Waals surface area contributed by atoms with Crippen molar-refractivity contribution in [3.63, 3.8) is 0 Å². The molecule has 462 valence electrons. The number of phenolic OH excluding ortho intramolecular Hbond substituents is 4. The summed E-state index contributed by atoms with van der Waals surface area (Å²) < 4.78 is 37.4. The van der Waals surface area contributed by atoms with E-state index >= 15 is 0 Å². The molecular weight excluding hydrogens is 1190 g/mol. The van der Waals surface area contributed by atoms with E-state index in [0.29, 0.717) is 57.7 Å². The van der Waals surface area contributed by atoms with Gasteiger partial charge in [-0.25, -0.2) is 14.4 Å². The van der Waals surface area contributed by atoms with Crippen LogP contribution in [0.5, 0.6) is 63.2 Å². The Hall–Kier alpha value is -9.95. The van der Waals surface area contributed by atoms with Gasteiger partial charge in [0.25, 0.3) is 0 Å². The highest BCUT2D eigenvalue weighted by Gasteiger charge is 2.14. The third-order valence-corrected chi connectivity index (χ3v) is 12.5. The molecule has 17 nitrogen and oxygen atoms in total. The fourth-order valence-electron chi connectivity index (χ4n) is 6.99. The lowest BCUT2D eigenvalue weighted by Crippen LogP contribution is -2.29. The number of methoxy groups -OCH3 is 4. The van der Waals surface area contributed by atoms with Gasteiger partial charge in [0.1, 0.15) is 63.2 Å². The van der Waals surface area contributed by atoms with E-state index in [4.69, 9.17) is 53.4 Å². The predicted molar refractivity (Wildman–Crippen MR) is 347 cm³/mol. The minimum absolute atomic E-state index is 0.166. The zero-order valence-corrected chi connectivity index (χ0v) is 52.2. The SMILES string of the molecule is C=C(C)C(=O)O.C=C(C)C(=O)Oc1ccc(-c2ccc(OC(=O)C(=C)C)cc2OC)cc1.CCCCOc1ccc(B(O)O)cc1.COc1cc(O)ccc1-c1ccc(C)cc1.COc1cc(O)ccc1-c1ccc(O)cc1.COc1cc(O)ccc1Br. The number of hydrogen-bond donors (Lipinski definition) is 7. The summed E-state index contributed by atoms with van der Waals surface area (Å²) in [7, 11) is 4.84. The molecule has 0 aliphatic heterocycles. The molecule has 8 aromatic carbocycles. The third kappa shape index (κ3) is 24.9. The van der Waals surface area contributed by atoms with Crippen molar-refractivity contribution in [2.75, 3.05) is 35.0 Å². The van der Waals surface area contributed by atoms with Crippen LogP contribution in [0.1, 0.15) is 46.1 Å². The quantitative estimate of drug-likeness (QED) is 0.0147. The summed E-state index contributed by atoms with van der Waals surface area (Å²) in [5, 5.41) is 62.5. The molecular formula is C69H74BBrO17. The number of phenols is 4. The third-order valence-electron chi connectivity index (χ3n) is 11.8. The Kier molecular flexibility index (Phi) is 30.8. The fraction of sp³-hybridized carbons (Fsp3) is 0.174. The van der Waals surface area contributed by atoms with Crippen molar-refractivity contribution in [1.82, 2.24) is 0 Å². The van der Waals surface area contributed by atoms with Crippen LogP contribution in [-0.2, 0) is 14.4 Å². The molecule has 0 saturated carbocycles. The standard InChI is InChI=1S/C21H20O5.C14H14O2.C13H12O3.C10H15BO3.C7H7BrO2.C4H6O2/c1-13(2)20(22)25-16-8-6-15(7-9-16)18-11-10-17(12-19(18)24-5)26-21(23)14(3)4;1-10-3-5-11(6-4-10)13-8-7-12(15)9-14(13)16-2;1-16-13-8-11(15)6-7-12(13)9-2-4-10(14)5-3-9;1-2-3-8-14-10-6-4-9(5-7-10)11(12)13;1-10-7-4-5(9)2-3-6(7)8;1-3(2)4(5)6/h6-12H,1,3H2,2,4-5H3;3-9,15H,1-2H3;2-8,14-15H,1H3;4-7,12-13H,2-3,8H2,1H3;2-4,9H,1H3;1H2,2H3,(H,5,6). The van der Waals surface area contributed by atoms with E-state index in [1.807, 2.05) is 18.2 Å². The van der Waals surface area contributed by atoms with Gasteiger partial charge < -0.3 is 68.7 Å². The van der Waals surface area contributed by atoms with Gasteiger partial charge in [0.2, 0.25) is 0 Å². The van der Waals surface area contributed by atoms with Crippen LogP contribution in [0.15, 0.2) is 211 Å². The summed E-state index contributed by atoms with van der Waals surface area (Å²) in [6.45, 7) is 19.7. The molecule has 0 atom stereocenters.